The second kappa shape index (κ2) is 7.82. The van der Waals surface area contributed by atoms with Crippen LogP contribution in [-0.2, 0) is 0 Å². The Bertz CT molecular complexity index is 144. The molecule has 0 atom stereocenters. The van der Waals surface area contributed by atoms with Crippen LogP contribution in [0.1, 0.15) is 6.92 Å². The largest absolute Gasteiger partial charge is 0.295 e. The van der Waals surface area contributed by atoms with Crippen LogP contribution < -0.4 is 0 Å². The first-order valence-electron chi connectivity index (χ1n) is 3.13. The van der Waals surface area contributed by atoms with Gasteiger partial charge in [0.25, 0.3) is 0 Å². The van der Waals surface area contributed by atoms with Crippen LogP contribution in [0.15, 0.2) is 34.4 Å². The van der Waals surface area contributed by atoms with Crippen LogP contribution in [-0.4, -0.2) is 19.5 Å². The van der Waals surface area contributed by atoms with Crippen molar-refractivity contribution in [1.29, 1.82) is 0 Å². The van der Waals surface area contributed by atoms with Crippen LogP contribution in [0.2, 0.25) is 0 Å². The molecule has 0 unspecified atom stereocenters. The van der Waals surface area contributed by atoms with E-state index in [1.807, 2.05) is 25.2 Å². The quantitative estimate of drug-likeness (QED) is 0.418. The number of hydrogen-bond donors (Lipinski definition) is 0. The summed E-state index contributed by atoms with van der Waals surface area (Å²) in [7, 11) is 1.71. The van der Waals surface area contributed by atoms with Crippen molar-refractivity contribution in [3.05, 3.63) is 24.4 Å². The fraction of sp³-hybridized carbons (Fsp3) is 0.250. The Morgan fingerprint density at radius 2 is 1.90 bits per heavy atom. The second-order valence-corrected chi connectivity index (χ2v) is 1.57. The summed E-state index contributed by atoms with van der Waals surface area (Å²) in [5.41, 5.74) is 0. The van der Waals surface area contributed by atoms with Gasteiger partial charge in [-0.3, -0.25) is 9.98 Å². The van der Waals surface area contributed by atoms with E-state index in [2.05, 4.69) is 9.98 Å². The third-order valence-corrected chi connectivity index (χ3v) is 0.777. The zero-order chi connectivity index (χ0) is 7.66. The molecule has 0 fully saturated rings. The zero-order valence-corrected chi connectivity index (χ0v) is 6.36. The third-order valence-electron chi connectivity index (χ3n) is 0.777. The lowest BCUT2D eigenvalue weighted by atomic mass is 10.5. The minimum Gasteiger partial charge on any atom is -0.295 e. The van der Waals surface area contributed by atoms with E-state index in [1.165, 1.54) is 0 Å². The summed E-state index contributed by atoms with van der Waals surface area (Å²) in [6, 6.07) is 0. The molecule has 0 saturated carbocycles. The van der Waals surface area contributed by atoms with Crippen molar-refractivity contribution < 1.29 is 0 Å². The molecular weight excluding hydrogens is 124 g/mol. The lowest BCUT2D eigenvalue weighted by Crippen LogP contribution is -1.70. The Balaban J connectivity index is 3.51. The van der Waals surface area contributed by atoms with E-state index >= 15 is 0 Å². The molecule has 0 aromatic heterocycles. The lowest BCUT2D eigenvalue weighted by molar-refractivity contribution is 1.48. The summed E-state index contributed by atoms with van der Waals surface area (Å²) in [6.45, 7) is 1.96. The highest BCUT2D eigenvalue weighted by Gasteiger charge is 1.59. The maximum Gasteiger partial charge on any atom is 0.0446 e. The van der Waals surface area contributed by atoms with E-state index in [1.54, 1.807) is 25.7 Å². The highest BCUT2D eigenvalue weighted by atomic mass is 14.7. The zero-order valence-electron chi connectivity index (χ0n) is 6.36. The highest BCUT2D eigenvalue weighted by Crippen LogP contribution is 1.75. The van der Waals surface area contributed by atoms with Gasteiger partial charge in [-0.05, 0) is 13.0 Å². The van der Waals surface area contributed by atoms with E-state index in [9.17, 15) is 0 Å². The Morgan fingerprint density at radius 1 is 1.10 bits per heavy atom. The minimum atomic E-state index is 1.64. The van der Waals surface area contributed by atoms with Gasteiger partial charge in [-0.15, -0.1) is 0 Å². The Morgan fingerprint density at radius 3 is 2.50 bits per heavy atom. The summed E-state index contributed by atoms with van der Waals surface area (Å²) in [5, 5.41) is 0. The topological polar surface area (TPSA) is 24.7 Å². The Kier molecular flexibility index (Phi) is 6.90. The maximum absolute atomic E-state index is 3.89. The molecule has 0 radical (unpaired) electrons. The van der Waals surface area contributed by atoms with Crippen LogP contribution in [0, 0.1) is 0 Å². The highest BCUT2D eigenvalue weighted by molar-refractivity contribution is 6.16. The summed E-state index contributed by atoms with van der Waals surface area (Å²) in [6.07, 6.45) is 10.7. The predicted octanol–water partition coefficient (Wildman–Crippen LogP) is 1.85. The Hall–Kier alpha value is -1.18. The second-order valence-electron chi connectivity index (χ2n) is 1.57. The monoisotopic (exact) mass is 136 g/mol. The number of aliphatic imine (C=N–C) groups is 2. The predicted molar refractivity (Wildman–Crippen MR) is 46.9 cm³/mol. The van der Waals surface area contributed by atoms with Crippen molar-refractivity contribution in [2.75, 3.05) is 7.05 Å². The Labute approximate surface area is 61.7 Å². The number of allylic oxidation sites excluding steroid dienone is 3. The molecule has 54 valence electrons. The fourth-order valence-electron chi connectivity index (χ4n) is 0.365. The molecule has 0 aliphatic carbocycles. The maximum atomic E-state index is 3.89. The molecule has 0 N–H and O–H groups in total. The molecule has 2 heteroatoms. The molecule has 10 heavy (non-hydrogen) atoms. The van der Waals surface area contributed by atoms with Crippen molar-refractivity contribution in [2.24, 2.45) is 9.98 Å². The first-order valence-corrected chi connectivity index (χ1v) is 3.13. The molecule has 0 saturated heterocycles. The van der Waals surface area contributed by atoms with Gasteiger partial charge in [0.15, 0.2) is 0 Å². The molecule has 0 amide bonds. The normalized spacial score (nSPS) is 13.4. The van der Waals surface area contributed by atoms with Gasteiger partial charge in [0, 0.05) is 25.7 Å². The standard InChI is InChI=1S/C8H12N2/c1-3-4-5-6-10-8-7-9-2/h3-8H,1-2H3/b4-3+,6-5-,9-7?,10-8?. The van der Waals surface area contributed by atoms with Gasteiger partial charge in [0.2, 0.25) is 0 Å². The molecule has 0 heterocycles. The lowest BCUT2D eigenvalue weighted by Gasteiger charge is -1.71. The van der Waals surface area contributed by atoms with Crippen molar-refractivity contribution in [1.82, 2.24) is 0 Å². The summed E-state index contributed by atoms with van der Waals surface area (Å²) in [5.74, 6) is 0. The molecule has 0 aliphatic rings. The van der Waals surface area contributed by atoms with Gasteiger partial charge in [0.05, 0.1) is 0 Å². The molecule has 0 aromatic carbocycles. The molecule has 0 rings (SSSR count). The van der Waals surface area contributed by atoms with Gasteiger partial charge < -0.3 is 0 Å². The number of rotatable bonds is 3. The fourth-order valence-corrected chi connectivity index (χ4v) is 0.365. The van der Waals surface area contributed by atoms with E-state index in [-0.39, 0.29) is 0 Å². The summed E-state index contributed by atoms with van der Waals surface area (Å²) >= 11 is 0. The molecule has 0 bridgehead atoms. The van der Waals surface area contributed by atoms with Gasteiger partial charge >= 0.3 is 0 Å². The summed E-state index contributed by atoms with van der Waals surface area (Å²) < 4.78 is 0. The van der Waals surface area contributed by atoms with Gasteiger partial charge in [-0.25, -0.2) is 0 Å². The van der Waals surface area contributed by atoms with Crippen LogP contribution in [0.25, 0.3) is 0 Å². The first-order chi connectivity index (χ1) is 4.91. The van der Waals surface area contributed by atoms with E-state index in [4.69, 9.17) is 0 Å². The van der Waals surface area contributed by atoms with Crippen LogP contribution in [0.4, 0.5) is 0 Å². The van der Waals surface area contributed by atoms with Crippen LogP contribution >= 0.6 is 0 Å². The average Bonchev–Trinajstić information content (AvgIpc) is 1.97. The van der Waals surface area contributed by atoms with Crippen molar-refractivity contribution >= 4 is 12.4 Å². The van der Waals surface area contributed by atoms with E-state index in [0.29, 0.717) is 0 Å². The molecular formula is C8H12N2. The van der Waals surface area contributed by atoms with E-state index < -0.39 is 0 Å². The van der Waals surface area contributed by atoms with Gasteiger partial charge in [-0.1, -0.05) is 12.2 Å². The van der Waals surface area contributed by atoms with Gasteiger partial charge in [0.1, 0.15) is 0 Å². The number of hydrogen-bond acceptors (Lipinski definition) is 2. The molecule has 0 aromatic rings. The van der Waals surface area contributed by atoms with Crippen molar-refractivity contribution in [3.63, 3.8) is 0 Å². The smallest absolute Gasteiger partial charge is 0.0446 e. The molecule has 2 nitrogen and oxygen atoms in total. The summed E-state index contributed by atoms with van der Waals surface area (Å²) in [4.78, 5) is 7.62. The van der Waals surface area contributed by atoms with Crippen molar-refractivity contribution in [2.45, 2.75) is 6.92 Å². The molecule has 0 aliphatic heterocycles. The minimum absolute atomic E-state index is 1.64. The SMILES string of the molecule is C/C=C/C=C\N=CC=NC. The average molecular weight is 136 g/mol. The van der Waals surface area contributed by atoms with E-state index in [0.717, 1.165) is 0 Å². The molecule has 0 spiro atoms. The third kappa shape index (κ3) is 6.82. The van der Waals surface area contributed by atoms with Crippen LogP contribution in [0.5, 0.6) is 0 Å². The number of nitrogens with zero attached hydrogens (tertiary/aromatic N) is 2. The van der Waals surface area contributed by atoms with Crippen molar-refractivity contribution in [3.8, 4) is 0 Å². The van der Waals surface area contributed by atoms with Crippen LogP contribution in [0.3, 0.4) is 0 Å². The first kappa shape index (κ1) is 8.82. The van der Waals surface area contributed by atoms with Gasteiger partial charge in [-0.2, -0.15) is 0 Å².